The Morgan fingerprint density at radius 1 is 1.53 bits per heavy atom. The topological polar surface area (TPSA) is 48.3 Å². The SMILES string of the molecule is CC(C)(C)[S+]([O-])/N=C/CCc1ccnc(Br)c1. The Kier molecular flexibility index (Phi) is 5.62. The van der Waals surface area contributed by atoms with Crippen molar-refractivity contribution in [3.8, 4) is 0 Å². The van der Waals surface area contributed by atoms with Gasteiger partial charge < -0.3 is 4.55 Å². The fourth-order valence-corrected chi connectivity index (χ4v) is 2.08. The normalized spacial score (nSPS) is 14.2. The molecule has 0 saturated carbocycles. The molecule has 0 aliphatic carbocycles. The van der Waals surface area contributed by atoms with Crippen LogP contribution >= 0.6 is 15.9 Å². The minimum atomic E-state index is -1.15. The molecular formula is C12H17BrN2OS. The maximum absolute atomic E-state index is 11.6. The Balaban J connectivity index is 2.40. The maximum Gasteiger partial charge on any atom is 0.144 e. The van der Waals surface area contributed by atoms with Gasteiger partial charge in [0.1, 0.15) is 20.7 Å². The van der Waals surface area contributed by atoms with E-state index in [2.05, 4.69) is 25.3 Å². The average molecular weight is 317 g/mol. The van der Waals surface area contributed by atoms with Crippen LogP contribution in [0, 0.1) is 0 Å². The minimum Gasteiger partial charge on any atom is -0.591 e. The number of hydrogen-bond acceptors (Lipinski definition) is 3. The van der Waals surface area contributed by atoms with E-state index in [4.69, 9.17) is 0 Å². The van der Waals surface area contributed by atoms with Gasteiger partial charge >= 0.3 is 0 Å². The van der Waals surface area contributed by atoms with Gasteiger partial charge in [-0.3, -0.25) is 0 Å². The largest absolute Gasteiger partial charge is 0.591 e. The fourth-order valence-electron chi connectivity index (χ4n) is 1.11. The predicted octanol–water partition coefficient (Wildman–Crippen LogP) is 3.31. The van der Waals surface area contributed by atoms with E-state index in [1.165, 1.54) is 5.56 Å². The summed E-state index contributed by atoms with van der Waals surface area (Å²) in [6.07, 6.45) is 5.18. The molecule has 1 rings (SSSR count). The van der Waals surface area contributed by atoms with Crippen LogP contribution in [0.5, 0.6) is 0 Å². The lowest BCUT2D eigenvalue weighted by atomic mass is 10.2. The Morgan fingerprint density at radius 3 is 2.82 bits per heavy atom. The maximum atomic E-state index is 11.6. The van der Waals surface area contributed by atoms with Gasteiger partial charge in [0.15, 0.2) is 0 Å². The molecule has 17 heavy (non-hydrogen) atoms. The van der Waals surface area contributed by atoms with Gasteiger partial charge in [-0.25, -0.2) is 4.98 Å². The summed E-state index contributed by atoms with van der Waals surface area (Å²) in [5, 5.41) is 0. The second kappa shape index (κ2) is 6.52. The summed E-state index contributed by atoms with van der Waals surface area (Å²) >= 11 is 2.18. The molecule has 1 aromatic heterocycles. The number of rotatable bonds is 4. The standard InChI is InChI=1S/C12H17BrN2OS/c1-12(2,3)17(16)15-7-4-5-10-6-8-14-11(13)9-10/h6-9H,4-5H2,1-3H3/b15-7+. The first-order valence-corrected chi connectivity index (χ1v) is 7.34. The van der Waals surface area contributed by atoms with E-state index in [0.29, 0.717) is 0 Å². The molecule has 0 spiro atoms. The zero-order valence-corrected chi connectivity index (χ0v) is 12.7. The lowest BCUT2D eigenvalue weighted by Crippen LogP contribution is -2.25. The molecule has 0 radical (unpaired) electrons. The van der Waals surface area contributed by atoms with Crippen molar-refractivity contribution in [2.75, 3.05) is 0 Å². The first-order chi connectivity index (χ1) is 7.89. The molecule has 0 aromatic carbocycles. The first kappa shape index (κ1) is 14.7. The van der Waals surface area contributed by atoms with Crippen LogP contribution in [-0.4, -0.2) is 20.5 Å². The van der Waals surface area contributed by atoms with Crippen LogP contribution in [0.15, 0.2) is 27.3 Å². The zero-order valence-electron chi connectivity index (χ0n) is 10.3. The summed E-state index contributed by atoms with van der Waals surface area (Å²) in [7, 11) is 0. The van der Waals surface area contributed by atoms with Crippen molar-refractivity contribution in [2.45, 2.75) is 38.4 Å². The molecular weight excluding hydrogens is 300 g/mol. The summed E-state index contributed by atoms with van der Waals surface area (Å²) in [5.74, 6) is 0. The third kappa shape index (κ3) is 5.66. The highest BCUT2D eigenvalue weighted by Gasteiger charge is 2.25. The number of nitrogens with zero attached hydrogens (tertiary/aromatic N) is 2. The van der Waals surface area contributed by atoms with E-state index >= 15 is 0 Å². The van der Waals surface area contributed by atoms with Crippen LogP contribution in [0.4, 0.5) is 0 Å². The van der Waals surface area contributed by atoms with Gasteiger partial charge in [-0.05, 0) is 67.2 Å². The molecule has 1 atom stereocenters. The molecule has 1 aromatic rings. The lowest BCUT2D eigenvalue weighted by molar-refractivity contribution is 0.561. The van der Waals surface area contributed by atoms with Crippen LogP contribution in [0.3, 0.4) is 0 Å². The Bertz CT molecular complexity index is 390. The number of hydrogen-bond donors (Lipinski definition) is 0. The van der Waals surface area contributed by atoms with Crippen LogP contribution in [0.25, 0.3) is 0 Å². The summed E-state index contributed by atoms with van der Waals surface area (Å²) in [5.41, 5.74) is 1.19. The molecule has 1 heterocycles. The third-order valence-electron chi connectivity index (χ3n) is 2.05. The van der Waals surface area contributed by atoms with Gasteiger partial charge in [0.05, 0.1) is 6.21 Å². The molecule has 0 saturated heterocycles. The van der Waals surface area contributed by atoms with E-state index < -0.39 is 11.4 Å². The molecule has 0 fully saturated rings. The third-order valence-corrected chi connectivity index (χ3v) is 3.87. The summed E-state index contributed by atoms with van der Waals surface area (Å²) < 4.78 is 16.2. The van der Waals surface area contributed by atoms with Crippen LogP contribution in [0.1, 0.15) is 32.8 Å². The average Bonchev–Trinajstić information content (AvgIpc) is 2.23. The van der Waals surface area contributed by atoms with E-state index in [1.807, 2.05) is 32.9 Å². The van der Waals surface area contributed by atoms with Gasteiger partial charge in [0.2, 0.25) is 0 Å². The van der Waals surface area contributed by atoms with Gasteiger partial charge in [-0.1, -0.05) is 4.40 Å². The number of aromatic nitrogens is 1. The van der Waals surface area contributed by atoms with E-state index in [0.717, 1.165) is 17.4 Å². The van der Waals surface area contributed by atoms with Crippen molar-refractivity contribution in [2.24, 2.45) is 4.40 Å². The van der Waals surface area contributed by atoms with Crippen LogP contribution < -0.4 is 0 Å². The summed E-state index contributed by atoms with van der Waals surface area (Å²) in [4.78, 5) is 4.06. The van der Waals surface area contributed by atoms with Crippen LogP contribution in [0.2, 0.25) is 0 Å². The van der Waals surface area contributed by atoms with Crippen molar-refractivity contribution in [1.82, 2.24) is 4.98 Å². The molecule has 0 bridgehead atoms. The molecule has 0 aliphatic heterocycles. The van der Waals surface area contributed by atoms with Gasteiger partial charge in [-0.2, -0.15) is 0 Å². The smallest absolute Gasteiger partial charge is 0.144 e. The Labute approximate surface area is 114 Å². The van der Waals surface area contributed by atoms with Gasteiger partial charge in [-0.15, -0.1) is 0 Å². The first-order valence-electron chi connectivity index (χ1n) is 5.44. The van der Waals surface area contributed by atoms with E-state index in [-0.39, 0.29) is 4.75 Å². The summed E-state index contributed by atoms with van der Waals surface area (Å²) in [6.45, 7) is 5.75. The molecule has 1 unspecified atom stereocenters. The van der Waals surface area contributed by atoms with Crippen molar-refractivity contribution >= 4 is 33.5 Å². The van der Waals surface area contributed by atoms with Gasteiger partial charge in [0.25, 0.3) is 0 Å². The number of halogens is 1. The van der Waals surface area contributed by atoms with Gasteiger partial charge in [0, 0.05) is 6.20 Å². The van der Waals surface area contributed by atoms with E-state index in [9.17, 15) is 4.55 Å². The van der Waals surface area contributed by atoms with Crippen molar-refractivity contribution < 1.29 is 4.55 Å². The van der Waals surface area contributed by atoms with E-state index in [1.54, 1.807) is 12.4 Å². The second-order valence-corrected chi connectivity index (χ2v) is 7.42. The minimum absolute atomic E-state index is 0.282. The monoisotopic (exact) mass is 316 g/mol. The summed E-state index contributed by atoms with van der Waals surface area (Å²) in [6, 6.07) is 3.95. The zero-order chi connectivity index (χ0) is 12.9. The Morgan fingerprint density at radius 2 is 2.24 bits per heavy atom. The number of pyridine rings is 1. The second-order valence-electron chi connectivity index (χ2n) is 4.68. The Hall–Kier alpha value is -0.390. The number of aryl methyl sites for hydroxylation is 1. The molecule has 0 aliphatic rings. The van der Waals surface area contributed by atoms with Crippen molar-refractivity contribution in [3.63, 3.8) is 0 Å². The molecule has 5 heteroatoms. The molecule has 0 amide bonds. The lowest BCUT2D eigenvalue weighted by Gasteiger charge is -2.17. The quantitative estimate of drug-likeness (QED) is 0.486. The predicted molar refractivity (Wildman–Crippen MR) is 76.6 cm³/mol. The molecule has 3 nitrogen and oxygen atoms in total. The highest BCUT2D eigenvalue weighted by atomic mass is 79.9. The fraction of sp³-hybridized carbons (Fsp3) is 0.500. The highest BCUT2D eigenvalue weighted by Crippen LogP contribution is 2.16. The van der Waals surface area contributed by atoms with Crippen molar-refractivity contribution in [3.05, 3.63) is 28.5 Å². The highest BCUT2D eigenvalue weighted by molar-refractivity contribution is 9.10. The molecule has 94 valence electrons. The van der Waals surface area contributed by atoms with Crippen molar-refractivity contribution in [1.29, 1.82) is 0 Å². The molecule has 0 N–H and O–H groups in total. The van der Waals surface area contributed by atoms with Crippen LogP contribution in [-0.2, 0) is 17.8 Å².